The van der Waals surface area contributed by atoms with Crippen molar-refractivity contribution >= 4 is 27.8 Å². The highest BCUT2D eigenvalue weighted by Gasteiger charge is 2.20. The molecule has 272 valence electrons. The van der Waals surface area contributed by atoms with Crippen LogP contribution in [0.2, 0.25) is 0 Å². The normalized spacial score (nSPS) is 11.4. The van der Waals surface area contributed by atoms with Gasteiger partial charge in [-0.1, -0.05) is 164 Å². The maximum atomic E-state index is 5.28. The van der Waals surface area contributed by atoms with E-state index in [4.69, 9.17) is 15.0 Å². The highest BCUT2D eigenvalue weighted by atomic mass is 15.2. The summed E-state index contributed by atoms with van der Waals surface area (Å²) in [5.74, 6) is 1.58. The van der Waals surface area contributed by atoms with Gasteiger partial charge >= 0.3 is 0 Å². The number of nitrogens with zero attached hydrogens (tertiary/aromatic N) is 5. The predicted octanol–water partition coefficient (Wildman–Crippen LogP) is 13.2. The molecule has 0 aliphatic rings. The Bertz CT molecular complexity index is 3190. The zero-order chi connectivity index (χ0) is 38.4. The molecule has 0 radical (unpaired) electrons. The predicted molar refractivity (Wildman–Crippen MR) is 238 cm³/mol. The molecule has 0 atom stereocenters. The van der Waals surface area contributed by atoms with Gasteiger partial charge in [0.05, 0.1) is 33.5 Å². The molecule has 0 saturated heterocycles. The topological polar surface area (TPSA) is 48.0 Å². The number of hydrogen-bond acceptors (Lipinski definition) is 3. The first kappa shape index (κ1) is 33.4. The van der Waals surface area contributed by atoms with E-state index < -0.39 is 0 Å². The van der Waals surface area contributed by atoms with E-state index in [1.807, 2.05) is 36.4 Å². The van der Waals surface area contributed by atoms with E-state index in [2.05, 4.69) is 185 Å². The van der Waals surface area contributed by atoms with E-state index in [0.29, 0.717) is 5.82 Å². The van der Waals surface area contributed by atoms with E-state index in [0.717, 1.165) is 89.4 Å². The molecule has 0 amide bonds. The van der Waals surface area contributed by atoms with Crippen molar-refractivity contribution in [2.45, 2.75) is 0 Å². The summed E-state index contributed by atoms with van der Waals surface area (Å²) in [6, 6.07) is 74.5. The Morgan fingerprint density at radius 2 is 0.862 bits per heavy atom. The van der Waals surface area contributed by atoms with Gasteiger partial charge in [-0.3, -0.25) is 8.97 Å². The van der Waals surface area contributed by atoms with E-state index in [-0.39, 0.29) is 0 Å². The molecule has 0 aliphatic carbocycles. The Balaban J connectivity index is 1.11. The molecule has 0 unspecified atom stereocenters. The molecule has 5 heteroatoms. The van der Waals surface area contributed by atoms with Crippen molar-refractivity contribution in [1.29, 1.82) is 0 Å². The minimum Gasteiger partial charge on any atom is -0.278 e. The second kappa shape index (κ2) is 14.0. The van der Waals surface area contributed by atoms with Crippen LogP contribution < -0.4 is 0 Å². The van der Waals surface area contributed by atoms with Gasteiger partial charge in [0, 0.05) is 22.4 Å². The van der Waals surface area contributed by atoms with Gasteiger partial charge in [0.2, 0.25) is 5.78 Å². The van der Waals surface area contributed by atoms with Crippen molar-refractivity contribution in [2.75, 3.05) is 0 Å². The monoisotopic (exact) mass is 741 g/mol. The van der Waals surface area contributed by atoms with E-state index in [1.165, 1.54) is 5.56 Å². The molecule has 0 saturated carbocycles. The number of aromatic nitrogens is 5. The quantitative estimate of drug-likeness (QED) is 0.163. The lowest BCUT2D eigenvalue weighted by Gasteiger charge is -2.14. The second-order valence-electron chi connectivity index (χ2n) is 14.5. The van der Waals surface area contributed by atoms with Crippen LogP contribution in [-0.4, -0.2) is 23.9 Å². The van der Waals surface area contributed by atoms with Crippen LogP contribution in [0.1, 0.15) is 0 Å². The van der Waals surface area contributed by atoms with Gasteiger partial charge in [-0.25, -0.2) is 15.0 Å². The van der Waals surface area contributed by atoms with Crippen molar-refractivity contribution < 1.29 is 0 Å². The van der Waals surface area contributed by atoms with Gasteiger partial charge in [0.1, 0.15) is 0 Å². The van der Waals surface area contributed by atoms with Gasteiger partial charge in [-0.15, -0.1) is 0 Å². The van der Waals surface area contributed by atoms with Gasteiger partial charge < -0.3 is 0 Å². The van der Waals surface area contributed by atoms with Crippen molar-refractivity contribution in [3.8, 4) is 73.0 Å². The molecule has 11 rings (SSSR count). The number of benzene rings is 8. The highest BCUT2D eigenvalue weighted by Crippen LogP contribution is 2.39. The standard InChI is InChI=1S/C53H35N5/c1-6-16-36(17-7-1)40-28-31-49-51(33-40)58-50-34-41(27-30-46(50)56-53(58)57(49)43-24-14-5-15-25-43)44-29-26-42(32-45(44)37-18-8-2-9-19-37)48-35-47(38-20-10-3-11-21-38)54-52(55-48)39-22-12-4-13-23-39/h1-35H. The van der Waals surface area contributed by atoms with Crippen LogP contribution in [0.5, 0.6) is 0 Å². The molecule has 11 aromatic rings. The molecule has 8 aromatic carbocycles. The Kier molecular flexibility index (Phi) is 8.07. The fourth-order valence-corrected chi connectivity index (χ4v) is 8.14. The molecule has 0 bridgehead atoms. The van der Waals surface area contributed by atoms with Gasteiger partial charge in [-0.2, -0.15) is 0 Å². The summed E-state index contributed by atoms with van der Waals surface area (Å²) in [6.45, 7) is 0. The van der Waals surface area contributed by atoms with Crippen LogP contribution in [0.15, 0.2) is 212 Å². The van der Waals surface area contributed by atoms with E-state index >= 15 is 0 Å². The third-order valence-electron chi connectivity index (χ3n) is 11.0. The molecule has 0 aliphatic heterocycles. The second-order valence-corrected chi connectivity index (χ2v) is 14.5. The SMILES string of the molecule is c1ccc(-c2ccc3c(c2)n2c4cc(-c5ccc(-c6cc(-c7ccccc7)nc(-c7ccccc7)n6)cc5-c5ccccc5)ccc4nc2n3-c2ccccc2)cc1. The molecule has 3 heterocycles. The van der Waals surface area contributed by atoms with Gasteiger partial charge in [0.15, 0.2) is 5.82 Å². The van der Waals surface area contributed by atoms with Crippen molar-refractivity contribution in [3.63, 3.8) is 0 Å². The van der Waals surface area contributed by atoms with Crippen LogP contribution in [0.25, 0.3) is 101 Å². The third-order valence-corrected chi connectivity index (χ3v) is 11.0. The first-order valence-corrected chi connectivity index (χ1v) is 19.5. The maximum absolute atomic E-state index is 5.28. The van der Waals surface area contributed by atoms with Crippen LogP contribution in [-0.2, 0) is 0 Å². The Morgan fingerprint density at radius 3 is 1.55 bits per heavy atom. The number of fused-ring (bicyclic) bond motifs is 5. The van der Waals surface area contributed by atoms with Crippen LogP contribution in [0.3, 0.4) is 0 Å². The number of hydrogen-bond donors (Lipinski definition) is 0. The summed E-state index contributed by atoms with van der Waals surface area (Å²) in [5.41, 5.74) is 16.9. The summed E-state index contributed by atoms with van der Waals surface area (Å²) in [7, 11) is 0. The van der Waals surface area contributed by atoms with E-state index in [9.17, 15) is 0 Å². The summed E-state index contributed by atoms with van der Waals surface area (Å²) < 4.78 is 4.59. The molecular formula is C53H35N5. The Hall–Kier alpha value is -7.89. The van der Waals surface area contributed by atoms with Crippen molar-refractivity contribution in [3.05, 3.63) is 212 Å². The maximum Gasteiger partial charge on any atom is 0.220 e. The first-order valence-electron chi connectivity index (χ1n) is 19.5. The van der Waals surface area contributed by atoms with Crippen molar-refractivity contribution in [2.24, 2.45) is 0 Å². The first-order chi connectivity index (χ1) is 28.7. The summed E-state index contributed by atoms with van der Waals surface area (Å²) in [4.78, 5) is 15.5. The van der Waals surface area contributed by atoms with Crippen molar-refractivity contribution in [1.82, 2.24) is 23.9 Å². The fraction of sp³-hybridized carbons (Fsp3) is 0. The Morgan fingerprint density at radius 1 is 0.310 bits per heavy atom. The molecule has 0 spiro atoms. The average Bonchev–Trinajstić information content (AvgIpc) is 3.84. The van der Waals surface area contributed by atoms with Crippen LogP contribution >= 0.6 is 0 Å². The highest BCUT2D eigenvalue weighted by molar-refractivity contribution is 5.97. The number of para-hydroxylation sites is 1. The molecule has 58 heavy (non-hydrogen) atoms. The van der Waals surface area contributed by atoms with Gasteiger partial charge in [-0.05, 0) is 81.9 Å². The molecule has 3 aromatic heterocycles. The number of imidazole rings is 2. The summed E-state index contributed by atoms with van der Waals surface area (Å²) >= 11 is 0. The molecule has 0 N–H and O–H groups in total. The molecule has 0 fully saturated rings. The fourth-order valence-electron chi connectivity index (χ4n) is 8.14. The smallest absolute Gasteiger partial charge is 0.220 e. The minimum atomic E-state index is 0.697. The number of rotatable bonds is 7. The average molecular weight is 742 g/mol. The van der Waals surface area contributed by atoms with Gasteiger partial charge in [0.25, 0.3) is 0 Å². The lowest BCUT2D eigenvalue weighted by atomic mass is 9.91. The third kappa shape index (κ3) is 5.85. The summed E-state index contributed by atoms with van der Waals surface area (Å²) in [5, 5.41) is 0. The summed E-state index contributed by atoms with van der Waals surface area (Å²) in [6.07, 6.45) is 0. The molecule has 5 nitrogen and oxygen atoms in total. The zero-order valence-corrected chi connectivity index (χ0v) is 31.4. The lowest BCUT2D eigenvalue weighted by Crippen LogP contribution is -1.96. The molecular weight excluding hydrogens is 707 g/mol. The Labute approximate surface area is 335 Å². The minimum absolute atomic E-state index is 0.697. The van der Waals surface area contributed by atoms with Crippen LogP contribution in [0.4, 0.5) is 0 Å². The largest absolute Gasteiger partial charge is 0.278 e. The lowest BCUT2D eigenvalue weighted by molar-refractivity contribution is 1.11. The van der Waals surface area contributed by atoms with Crippen LogP contribution in [0, 0.1) is 0 Å². The van der Waals surface area contributed by atoms with E-state index in [1.54, 1.807) is 0 Å². The zero-order valence-electron chi connectivity index (χ0n) is 31.4.